The van der Waals surface area contributed by atoms with Crippen molar-refractivity contribution in [2.45, 2.75) is 31.2 Å². The lowest BCUT2D eigenvalue weighted by molar-refractivity contribution is 0.249. The second-order valence-corrected chi connectivity index (χ2v) is 9.79. The van der Waals surface area contributed by atoms with E-state index in [1.807, 2.05) is 25.4 Å². The lowest BCUT2D eigenvalue weighted by atomic mass is 10.1. The highest BCUT2D eigenvalue weighted by Gasteiger charge is 2.29. The molecule has 0 aromatic carbocycles. The van der Waals surface area contributed by atoms with Crippen LogP contribution in [0, 0.1) is 5.92 Å². The van der Waals surface area contributed by atoms with Gasteiger partial charge >= 0.3 is 0 Å². The Labute approximate surface area is 171 Å². The Balaban J connectivity index is 1.56. The number of hydrogen-bond acceptors (Lipinski definition) is 9. The van der Waals surface area contributed by atoms with Crippen molar-refractivity contribution in [1.82, 2.24) is 15.0 Å². The summed E-state index contributed by atoms with van der Waals surface area (Å²) in [6, 6.07) is -0.133. The molecule has 0 saturated carbocycles. The number of hydrogen-bond donors (Lipinski definition) is 2. The average molecular weight is 423 g/mol. The van der Waals surface area contributed by atoms with Crippen LogP contribution in [-0.4, -0.2) is 68.8 Å². The zero-order valence-corrected chi connectivity index (χ0v) is 17.8. The molecule has 8 nitrogen and oxygen atoms in total. The monoisotopic (exact) mass is 422 g/mol. The van der Waals surface area contributed by atoms with Crippen LogP contribution in [0.4, 0.5) is 16.9 Å². The van der Waals surface area contributed by atoms with Crippen molar-refractivity contribution in [3.8, 4) is 0 Å². The van der Waals surface area contributed by atoms with E-state index in [-0.39, 0.29) is 18.6 Å². The van der Waals surface area contributed by atoms with Gasteiger partial charge in [0, 0.05) is 49.9 Å². The predicted molar refractivity (Wildman–Crippen MR) is 113 cm³/mol. The standard InChI is InChI=1S/C18H26N6O2S2/c1-12(2)14(11-25)20-16-15-13(3-10-28(15)26)21-17(22-16)23-5-7-24(8-6-23)18-19-4-9-27-18/h4,9,12,14,25H,3,5-8,10-11H2,1-2H3,(H,20,21,22)/t14?,28-/m1/s1. The molecule has 1 unspecified atom stereocenters. The summed E-state index contributed by atoms with van der Waals surface area (Å²) in [5, 5.41) is 16.1. The Bertz CT molecular complexity index is 837. The molecule has 10 heteroatoms. The lowest BCUT2D eigenvalue weighted by Gasteiger charge is -2.35. The second kappa shape index (κ2) is 8.30. The van der Waals surface area contributed by atoms with Gasteiger partial charge in [-0.15, -0.1) is 11.3 Å². The molecule has 0 aliphatic carbocycles. The highest BCUT2D eigenvalue weighted by atomic mass is 32.2. The normalized spacial score (nSPS) is 20.5. The number of piperazine rings is 1. The van der Waals surface area contributed by atoms with Gasteiger partial charge in [0.05, 0.1) is 29.1 Å². The van der Waals surface area contributed by atoms with Crippen LogP contribution >= 0.6 is 11.3 Å². The summed E-state index contributed by atoms with van der Waals surface area (Å²) < 4.78 is 12.5. The zero-order valence-electron chi connectivity index (χ0n) is 16.2. The molecule has 0 amide bonds. The molecule has 2 aromatic rings. The van der Waals surface area contributed by atoms with Gasteiger partial charge in [-0.2, -0.15) is 4.98 Å². The van der Waals surface area contributed by atoms with E-state index in [0.29, 0.717) is 28.8 Å². The van der Waals surface area contributed by atoms with Gasteiger partial charge in [-0.05, 0) is 5.92 Å². The third-order valence-electron chi connectivity index (χ3n) is 5.25. The Morgan fingerprint density at radius 3 is 2.64 bits per heavy atom. The van der Waals surface area contributed by atoms with Crippen molar-refractivity contribution >= 4 is 39.0 Å². The molecule has 2 aliphatic heterocycles. The fourth-order valence-electron chi connectivity index (χ4n) is 3.49. The molecule has 2 aromatic heterocycles. The first kappa shape index (κ1) is 19.5. The maximum atomic E-state index is 12.5. The van der Waals surface area contributed by atoms with Gasteiger partial charge in [0.2, 0.25) is 5.95 Å². The molecule has 1 saturated heterocycles. The molecule has 1 fully saturated rings. The van der Waals surface area contributed by atoms with Crippen LogP contribution in [0.1, 0.15) is 19.5 Å². The van der Waals surface area contributed by atoms with Crippen LogP contribution in [0.5, 0.6) is 0 Å². The van der Waals surface area contributed by atoms with Gasteiger partial charge in [0.1, 0.15) is 10.7 Å². The molecule has 2 atom stereocenters. The van der Waals surface area contributed by atoms with Crippen LogP contribution in [0.25, 0.3) is 0 Å². The maximum Gasteiger partial charge on any atom is 0.227 e. The smallest absolute Gasteiger partial charge is 0.227 e. The Morgan fingerprint density at radius 1 is 1.25 bits per heavy atom. The highest BCUT2D eigenvalue weighted by molar-refractivity contribution is 7.85. The minimum atomic E-state index is -1.08. The molecule has 4 rings (SSSR count). The lowest BCUT2D eigenvalue weighted by Crippen LogP contribution is -2.47. The molecule has 4 heterocycles. The minimum Gasteiger partial charge on any atom is -0.394 e. The molecular formula is C18H26N6O2S2. The Hall–Kier alpha value is -1.78. The first-order valence-electron chi connectivity index (χ1n) is 9.63. The molecule has 2 N–H and O–H groups in total. The van der Waals surface area contributed by atoms with Crippen molar-refractivity contribution in [2.24, 2.45) is 5.92 Å². The van der Waals surface area contributed by atoms with Crippen molar-refractivity contribution in [2.75, 3.05) is 53.7 Å². The molecular weight excluding hydrogens is 396 g/mol. The highest BCUT2D eigenvalue weighted by Crippen LogP contribution is 2.31. The van der Waals surface area contributed by atoms with Crippen LogP contribution in [0.3, 0.4) is 0 Å². The van der Waals surface area contributed by atoms with Gasteiger partial charge in [-0.3, -0.25) is 4.21 Å². The van der Waals surface area contributed by atoms with Crippen LogP contribution < -0.4 is 15.1 Å². The van der Waals surface area contributed by atoms with E-state index in [4.69, 9.17) is 9.97 Å². The van der Waals surface area contributed by atoms with E-state index in [1.165, 1.54) is 0 Å². The molecule has 0 spiro atoms. The summed E-state index contributed by atoms with van der Waals surface area (Å²) in [4.78, 5) is 19.1. The van der Waals surface area contributed by atoms with E-state index < -0.39 is 10.8 Å². The third kappa shape index (κ3) is 3.85. The number of aliphatic hydroxyl groups is 1. The van der Waals surface area contributed by atoms with Gasteiger partial charge in [0.25, 0.3) is 0 Å². The fourth-order valence-corrected chi connectivity index (χ4v) is 5.50. The molecule has 152 valence electrons. The summed E-state index contributed by atoms with van der Waals surface area (Å²) in [5.41, 5.74) is 0.869. The van der Waals surface area contributed by atoms with Gasteiger partial charge in [-0.25, -0.2) is 9.97 Å². The number of nitrogens with zero attached hydrogens (tertiary/aromatic N) is 5. The number of aliphatic hydroxyl groups excluding tert-OH is 1. The number of aryl methyl sites for hydroxylation is 1. The summed E-state index contributed by atoms with van der Waals surface area (Å²) in [6.07, 6.45) is 2.54. The predicted octanol–water partition coefficient (Wildman–Crippen LogP) is 1.35. The number of anilines is 3. The van der Waals surface area contributed by atoms with Crippen LogP contribution in [0.2, 0.25) is 0 Å². The van der Waals surface area contributed by atoms with E-state index in [0.717, 1.165) is 37.0 Å². The van der Waals surface area contributed by atoms with Gasteiger partial charge < -0.3 is 20.2 Å². The number of nitrogens with one attached hydrogen (secondary N) is 1. The Morgan fingerprint density at radius 2 is 2.00 bits per heavy atom. The first-order chi connectivity index (χ1) is 13.6. The zero-order chi connectivity index (χ0) is 19.7. The van der Waals surface area contributed by atoms with E-state index >= 15 is 0 Å². The fraction of sp³-hybridized carbons (Fsp3) is 0.611. The van der Waals surface area contributed by atoms with Crippen molar-refractivity contribution in [3.05, 3.63) is 17.3 Å². The summed E-state index contributed by atoms with van der Waals surface area (Å²) in [7, 11) is -1.08. The number of thiazole rings is 1. The molecule has 28 heavy (non-hydrogen) atoms. The maximum absolute atomic E-state index is 12.5. The third-order valence-corrected chi connectivity index (χ3v) is 7.54. The van der Waals surface area contributed by atoms with E-state index in [1.54, 1.807) is 11.3 Å². The molecule has 0 bridgehead atoms. The van der Waals surface area contributed by atoms with E-state index in [9.17, 15) is 9.32 Å². The summed E-state index contributed by atoms with van der Waals surface area (Å²) in [5.74, 6) is 2.12. The molecule has 2 aliphatic rings. The van der Waals surface area contributed by atoms with Gasteiger partial charge in [-0.1, -0.05) is 13.8 Å². The second-order valence-electron chi connectivity index (χ2n) is 7.41. The average Bonchev–Trinajstić information content (AvgIpc) is 3.36. The first-order valence-corrected chi connectivity index (χ1v) is 11.8. The topological polar surface area (TPSA) is 94.5 Å². The minimum absolute atomic E-state index is 0.00486. The number of fused-ring (bicyclic) bond motifs is 1. The number of rotatable bonds is 6. The van der Waals surface area contributed by atoms with Crippen molar-refractivity contribution < 1.29 is 9.32 Å². The van der Waals surface area contributed by atoms with E-state index in [2.05, 4.69) is 20.1 Å². The SMILES string of the molecule is CC(C)C(CO)Nc1nc(N2CCN(c3nccs3)CC2)nc2c1[S@](=O)CC2. The van der Waals surface area contributed by atoms with Crippen LogP contribution in [-0.2, 0) is 17.2 Å². The van der Waals surface area contributed by atoms with Gasteiger partial charge in [0.15, 0.2) is 5.13 Å². The van der Waals surface area contributed by atoms with Crippen molar-refractivity contribution in [3.63, 3.8) is 0 Å². The Kier molecular flexibility index (Phi) is 5.79. The molecule has 0 radical (unpaired) electrons. The quantitative estimate of drug-likeness (QED) is 0.721. The van der Waals surface area contributed by atoms with Crippen LogP contribution in [0.15, 0.2) is 16.5 Å². The largest absolute Gasteiger partial charge is 0.394 e. The summed E-state index contributed by atoms with van der Waals surface area (Å²) in [6.45, 7) is 7.46. The number of aromatic nitrogens is 3. The summed E-state index contributed by atoms with van der Waals surface area (Å²) >= 11 is 1.65. The van der Waals surface area contributed by atoms with Crippen molar-refractivity contribution in [1.29, 1.82) is 0 Å².